The van der Waals surface area contributed by atoms with Crippen molar-refractivity contribution >= 4 is 5.97 Å². The first-order valence-corrected chi connectivity index (χ1v) is 4.65. The maximum Gasteiger partial charge on any atom is 0.359 e. The standard InChI is InChI=1S/C11H11NO3/c13-7-9-11(14)15-10(12-9)6-8-4-2-1-3-5-8/h1-5,7,10,12-13H,6H2/b9-7+. The van der Waals surface area contributed by atoms with Gasteiger partial charge in [0.05, 0.1) is 0 Å². The van der Waals surface area contributed by atoms with Crippen LogP contribution in [0.25, 0.3) is 0 Å². The lowest BCUT2D eigenvalue weighted by Gasteiger charge is -2.08. The number of cyclic esters (lactones) is 1. The maximum atomic E-state index is 11.1. The predicted octanol–water partition coefficient (Wildman–Crippen LogP) is 1.10. The fraction of sp³-hybridized carbons (Fsp3) is 0.182. The first kappa shape index (κ1) is 9.58. The molecule has 2 N–H and O–H groups in total. The number of aliphatic hydroxyl groups is 1. The Labute approximate surface area is 87.2 Å². The summed E-state index contributed by atoms with van der Waals surface area (Å²) in [5.74, 6) is -0.515. The Bertz CT molecular complexity index is 386. The minimum Gasteiger partial charge on any atom is -0.513 e. The zero-order chi connectivity index (χ0) is 10.7. The van der Waals surface area contributed by atoms with Gasteiger partial charge in [0.2, 0.25) is 0 Å². The average Bonchev–Trinajstić information content (AvgIpc) is 2.60. The van der Waals surface area contributed by atoms with Crippen molar-refractivity contribution in [1.82, 2.24) is 5.32 Å². The van der Waals surface area contributed by atoms with E-state index in [2.05, 4.69) is 5.32 Å². The van der Waals surface area contributed by atoms with E-state index in [1.54, 1.807) is 0 Å². The van der Waals surface area contributed by atoms with E-state index in [1.807, 2.05) is 30.3 Å². The quantitative estimate of drug-likeness (QED) is 0.431. The molecule has 0 spiro atoms. The molecule has 1 aromatic rings. The first-order chi connectivity index (χ1) is 7.29. The molecule has 4 nitrogen and oxygen atoms in total. The summed E-state index contributed by atoms with van der Waals surface area (Å²) in [6, 6.07) is 9.69. The predicted molar refractivity (Wildman–Crippen MR) is 53.9 cm³/mol. The molecule has 4 heteroatoms. The van der Waals surface area contributed by atoms with Crippen molar-refractivity contribution in [2.75, 3.05) is 0 Å². The van der Waals surface area contributed by atoms with E-state index in [4.69, 9.17) is 9.84 Å². The molecule has 1 saturated heterocycles. The lowest BCUT2D eigenvalue weighted by molar-refractivity contribution is -0.139. The van der Waals surface area contributed by atoms with Crippen molar-refractivity contribution in [2.24, 2.45) is 0 Å². The number of ether oxygens (including phenoxy) is 1. The Morgan fingerprint density at radius 1 is 1.40 bits per heavy atom. The van der Waals surface area contributed by atoms with Gasteiger partial charge in [-0.15, -0.1) is 0 Å². The van der Waals surface area contributed by atoms with E-state index in [0.717, 1.165) is 11.8 Å². The highest BCUT2D eigenvalue weighted by Crippen LogP contribution is 2.12. The van der Waals surface area contributed by atoms with Crippen LogP contribution in [0.5, 0.6) is 0 Å². The van der Waals surface area contributed by atoms with Crippen LogP contribution in [0.2, 0.25) is 0 Å². The van der Waals surface area contributed by atoms with Gasteiger partial charge in [-0.1, -0.05) is 30.3 Å². The van der Waals surface area contributed by atoms with E-state index >= 15 is 0 Å². The molecule has 0 aromatic heterocycles. The smallest absolute Gasteiger partial charge is 0.359 e. The molecule has 15 heavy (non-hydrogen) atoms. The fourth-order valence-corrected chi connectivity index (χ4v) is 1.47. The molecular formula is C11H11NO3. The van der Waals surface area contributed by atoms with Crippen LogP contribution in [0.15, 0.2) is 42.3 Å². The molecule has 2 rings (SSSR count). The summed E-state index contributed by atoms with van der Waals surface area (Å²) in [5, 5.41) is 11.5. The van der Waals surface area contributed by atoms with Crippen LogP contribution in [0.1, 0.15) is 5.56 Å². The van der Waals surface area contributed by atoms with Crippen molar-refractivity contribution in [1.29, 1.82) is 0 Å². The van der Waals surface area contributed by atoms with E-state index in [9.17, 15) is 4.79 Å². The number of carbonyl (C=O) groups is 1. The van der Waals surface area contributed by atoms with Crippen LogP contribution in [-0.2, 0) is 16.0 Å². The third-order valence-corrected chi connectivity index (χ3v) is 2.18. The van der Waals surface area contributed by atoms with Crippen molar-refractivity contribution < 1.29 is 14.6 Å². The Morgan fingerprint density at radius 3 is 2.73 bits per heavy atom. The Hall–Kier alpha value is -1.97. The molecule has 1 atom stereocenters. The van der Waals surface area contributed by atoms with Gasteiger partial charge >= 0.3 is 5.97 Å². The van der Waals surface area contributed by atoms with Gasteiger partial charge in [0, 0.05) is 6.42 Å². The third-order valence-electron chi connectivity index (χ3n) is 2.18. The lowest BCUT2D eigenvalue weighted by atomic mass is 10.1. The highest BCUT2D eigenvalue weighted by Gasteiger charge is 2.27. The summed E-state index contributed by atoms with van der Waals surface area (Å²) in [6.45, 7) is 0. The van der Waals surface area contributed by atoms with Gasteiger partial charge in [0.25, 0.3) is 0 Å². The normalized spacial score (nSPS) is 22.5. The molecule has 0 radical (unpaired) electrons. The second kappa shape index (κ2) is 4.04. The van der Waals surface area contributed by atoms with Crippen LogP contribution in [0.4, 0.5) is 0 Å². The molecule has 0 aliphatic carbocycles. The summed E-state index contributed by atoms with van der Waals surface area (Å²) < 4.78 is 4.99. The van der Waals surface area contributed by atoms with Crippen molar-refractivity contribution in [2.45, 2.75) is 12.6 Å². The molecule has 78 valence electrons. The molecule has 0 saturated carbocycles. The van der Waals surface area contributed by atoms with Crippen molar-refractivity contribution in [3.63, 3.8) is 0 Å². The number of aliphatic hydroxyl groups excluding tert-OH is 1. The molecule has 1 aromatic carbocycles. The first-order valence-electron chi connectivity index (χ1n) is 4.65. The number of hydrogen-bond acceptors (Lipinski definition) is 4. The zero-order valence-electron chi connectivity index (χ0n) is 8.01. The van der Waals surface area contributed by atoms with Crippen LogP contribution in [0.3, 0.4) is 0 Å². The monoisotopic (exact) mass is 205 g/mol. The molecule has 1 aliphatic heterocycles. The molecule has 1 aliphatic rings. The molecule has 0 bridgehead atoms. The van der Waals surface area contributed by atoms with E-state index in [0.29, 0.717) is 6.42 Å². The number of carbonyl (C=O) groups excluding carboxylic acids is 1. The molecule has 0 amide bonds. The van der Waals surface area contributed by atoms with Crippen LogP contribution < -0.4 is 5.32 Å². The van der Waals surface area contributed by atoms with Gasteiger partial charge in [0.1, 0.15) is 6.26 Å². The number of benzene rings is 1. The molecule has 1 unspecified atom stereocenters. The lowest BCUT2D eigenvalue weighted by Crippen LogP contribution is -2.24. The average molecular weight is 205 g/mol. The van der Waals surface area contributed by atoms with Crippen molar-refractivity contribution in [3.05, 3.63) is 47.9 Å². The second-order valence-corrected chi connectivity index (χ2v) is 3.27. The zero-order valence-corrected chi connectivity index (χ0v) is 8.01. The Morgan fingerprint density at radius 2 is 2.13 bits per heavy atom. The van der Waals surface area contributed by atoms with Crippen molar-refractivity contribution in [3.8, 4) is 0 Å². The summed E-state index contributed by atoms with van der Waals surface area (Å²) in [6.07, 6.45) is 0.926. The van der Waals surface area contributed by atoms with Crippen LogP contribution in [-0.4, -0.2) is 17.3 Å². The van der Waals surface area contributed by atoms with Gasteiger partial charge < -0.3 is 15.2 Å². The van der Waals surface area contributed by atoms with E-state index < -0.39 is 12.2 Å². The molecule has 1 heterocycles. The highest BCUT2D eigenvalue weighted by molar-refractivity contribution is 5.89. The van der Waals surface area contributed by atoms with E-state index in [1.165, 1.54) is 0 Å². The minimum absolute atomic E-state index is 0.107. The largest absolute Gasteiger partial charge is 0.513 e. The van der Waals surface area contributed by atoms with Gasteiger partial charge in [-0.2, -0.15) is 0 Å². The summed E-state index contributed by atoms with van der Waals surface area (Å²) >= 11 is 0. The molecular weight excluding hydrogens is 194 g/mol. The Balaban J connectivity index is 2.01. The van der Waals surface area contributed by atoms with Gasteiger partial charge in [-0.3, -0.25) is 0 Å². The van der Waals surface area contributed by atoms with Crippen LogP contribution >= 0.6 is 0 Å². The number of esters is 1. The SMILES string of the molecule is O=C1OC(Cc2ccccc2)N/C1=C/O. The van der Waals surface area contributed by atoms with Gasteiger partial charge in [-0.25, -0.2) is 4.79 Å². The van der Waals surface area contributed by atoms with E-state index in [-0.39, 0.29) is 5.70 Å². The summed E-state index contributed by atoms with van der Waals surface area (Å²) in [4.78, 5) is 11.1. The second-order valence-electron chi connectivity index (χ2n) is 3.27. The number of rotatable bonds is 2. The molecule has 1 fully saturated rings. The number of hydrogen-bond donors (Lipinski definition) is 2. The maximum absolute atomic E-state index is 11.1. The third kappa shape index (κ3) is 2.10. The minimum atomic E-state index is -0.515. The highest BCUT2D eigenvalue weighted by atomic mass is 16.6. The van der Waals surface area contributed by atoms with Gasteiger partial charge in [0.15, 0.2) is 11.9 Å². The summed E-state index contributed by atoms with van der Waals surface area (Å²) in [5.41, 5.74) is 1.18. The Kier molecular flexibility index (Phi) is 2.58. The fourth-order valence-electron chi connectivity index (χ4n) is 1.47. The van der Waals surface area contributed by atoms with Gasteiger partial charge in [-0.05, 0) is 5.56 Å². The van der Waals surface area contributed by atoms with Crippen LogP contribution in [0, 0.1) is 0 Å². The number of nitrogens with one attached hydrogen (secondary N) is 1. The summed E-state index contributed by atoms with van der Waals surface area (Å²) in [7, 11) is 0. The topological polar surface area (TPSA) is 58.6 Å².